The first kappa shape index (κ1) is 19.7. The van der Waals surface area contributed by atoms with Crippen molar-refractivity contribution >= 4 is 17.6 Å². The van der Waals surface area contributed by atoms with Crippen molar-refractivity contribution in [2.24, 2.45) is 4.99 Å². The van der Waals surface area contributed by atoms with E-state index in [1.165, 1.54) is 37.9 Å². The molecule has 0 saturated carbocycles. The third kappa shape index (κ3) is 5.70. The van der Waals surface area contributed by atoms with Gasteiger partial charge < -0.3 is 20.4 Å². The van der Waals surface area contributed by atoms with E-state index in [1.54, 1.807) is 7.05 Å². The summed E-state index contributed by atoms with van der Waals surface area (Å²) in [6.45, 7) is 5.97. The molecule has 27 heavy (non-hydrogen) atoms. The molecule has 2 aliphatic heterocycles. The molecule has 1 fully saturated rings. The fourth-order valence-corrected chi connectivity index (χ4v) is 3.91. The number of fused-ring (bicyclic) bond motifs is 1. The molecule has 1 amide bonds. The molecule has 2 N–H and O–H groups in total. The number of likely N-dealkylation sites (tertiary alicyclic amines) is 1. The molecule has 1 saturated heterocycles. The predicted molar refractivity (Wildman–Crippen MR) is 111 cm³/mol. The lowest BCUT2D eigenvalue weighted by atomic mass is 10.1. The van der Waals surface area contributed by atoms with Crippen LogP contribution in [0.15, 0.2) is 29.3 Å². The van der Waals surface area contributed by atoms with Gasteiger partial charge >= 0.3 is 0 Å². The highest BCUT2D eigenvalue weighted by Crippen LogP contribution is 2.27. The quantitative estimate of drug-likeness (QED) is 0.437. The number of anilines is 1. The van der Waals surface area contributed by atoms with Crippen molar-refractivity contribution in [3.63, 3.8) is 0 Å². The fraction of sp³-hybridized carbons (Fsp3) is 0.619. The highest BCUT2D eigenvalue weighted by atomic mass is 16.2. The maximum absolute atomic E-state index is 12.5. The lowest BCUT2D eigenvalue weighted by Gasteiger charge is -2.26. The number of nitrogens with one attached hydrogen (secondary N) is 2. The van der Waals surface area contributed by atoms with Crippen molar-refractivity contribution in [3.8, 4) is 0 Å². The Labute approximate surface area is 163 Å². The molecule has 0 unspecified atom stereocenters. The molecular formula is C21H33N5O. The van der Waals surface area contributed by atoms with Gasteiger partial charge in [-0.2, -0.15) is 0 Å². The van der Waals surface area contributed by atoms with Crippen molar-refractivity contribution < 1.29 is 4.79 Å². The first-order valence-electron chi connectivity index (χ1n) is 10.3. The van der Waals surface area contributed by atoms with Crippen LogP contribution in [0.3, 0.4) is 0 Å². The average Bonchev–Trinajstić information content (AvgIpc) is 3.14. The Balaban J connectivity index is 1.31. The first-order valence-corrected chi connectivity index (χ1v) is 10.3. The van der Waals surface area contributed by atoms with Crippen molar-refractivity contribution in [1.82, 2.24) is 15.5 Å². The summed E-state index contributed by atoms with van der Waals surface area (Å²) < 4.78 is 0. The van der Waals surface area contributed by atoms with Crippen LogP contribution in [0.25, 0.3) is 0 Å². The number of rotatable bonds is 7. The summed E-state index contributed by atoms with van der Waals surface area (Å²) in [4.78, 5) is 21.2. The Kier molecular flexibility index (Phi) is 7.51. The Morgan fingerprint density at radius 3 is 2.67 bits per heavy atom. The molecule has 1 aromatic rings. The van der Waals surface area contributed by atoms with Crippen molar-refractivity contribution in [3.05, 3.63) is 29.8 Å². The van der Waals surface area contributed by atoms with E-state index in [-0.39, 0.29) is 5.91 Å². The number of guanidine groups is 1. The van der Waals surface area contributed by atoms with Crippen LogP contribution in [0.5, 0.6) is 0 Å². The Hall–Kier alpha value is -2.08. The van der Waals surface area contributed by atoms with E-state index in [2.05, 4.69) is 26.6 Å². The predicted octanol–water partition coefficient (Wildman–Crippen LogP) is 2.01. The first-order chi connectivity index (χ1) is 13.3. The smallest absolute Gasteiger partial charge is 0.227 e. The van der Waals surface area contributed by atoms with Crippen LogP contribution in [-0.4, -0.2) is 63.1 Å². The highest BCUT2D eigenvalue weighted by molar-refractivity contribution is 5.95. The van der Waals surface area contributed by atoms with E-state index in [1.807, 2.05) is 23.1 Å². The second-order valence-corrected chi connectivity index (χ2v) is 7.36. The van der Waals surface area contributed by atoms with Gasteiger partial charge in [0.2, 0.25) is 5.91 Å². The Morgan fingerprint density at radius 2 is 1.85 bits per heavy atom. The number of piperidine rings is 1. The molecule has 6 nitrogen and oxygen atoms in total. The lowest BCUT2D eigenvalue weighted by Crippen LogP contribution is -2.43. The minimum atomic E-state index is 0.217. The number of hydrogen-bond acceptors (Lipinski definition) is 3. The van der Waals surface area contributed by atoms with Gasteiger partial charge in [-0.15, -0.1) is 0 Å². The number of carbonyl (C=O) groups is 1. The number of hydrogen-bond donors (Lipinski definition) is 2. The number of amides is 1. The van der Waals surface area contributed by atoms with Crippen LogP contribution >= 0.6 is 0 Å². The normalized spacial score (nSPS) is 17.7. The zero-order valence-corrected chi connectivity index (χ0v) is 16.5. The molecule has 148 valence electrons. The molecular weight excluding hydrogens is 338 g/mol. The number of aliphatic imine (C=N–C) groups is 1. The minimum Gasteiger partial charge on any atom is -0.356 e. The molecule has 0 atom stereocenters. The fourth-order valence-electron chi connectivity index (χ4n) is 3.91. The molecule has 0 aliphatic carbocycles. The van der Waals surface area contributed by atoms with Gasteiger partial charge in [0.15, 0.2) is 5.96 Å². The van der Waals surface area contributed by atoms with E-state index in [4.69, 9.17) is 0 Å². The standard InChI is InChI=1S/C21H33N5O/c1-22-21(24-13-17-25-14-5-2-6-15-25)23-12-7-10-20(27)26-16-11-18-8-3-4-9-19(18)26/h3-4,8-9H,2,5-7,10-17H2,1H3,(H2,22,23,24). The Bertz CT molecular complexity index is 639. The molecule has 2 aliphatic rings. The average molecular weight is 372 g/mol. The largest absolute Gasteiger partial charge is 0.356 e. The maximum atomic E-state index is 12.5. The SMILES string of the molecule is CN=C(NCCCC(=O)N1CCc2ccccc21)NCCN1CCCCC1. The zero-order chi connectivity index (χ0) is 18.9. The van der Waals surface area contributed by atoms with E-state index >= 15 is 0 Å². The molecule has 1 aromatic carbocycles. The van der Waals surface area contributed by atoms with Crippen LogP contribution in [0.2, 0.25) is 0 Å². The summed E-state index contributed by atoms with van der Waals surface area (Å²) in [5.41, 5.74) is 2.37. The summed E-state index contributed by atoms with van der Waals surface area (Å²) in [7, 11) is 1.79. The second-order valence-electron chi connectivity index (χ2n) is 7.36. The molecule has 0 spiro atoms. The van der Waals surface area contributed by atoms with E-state index < -0.39 is 0 Å². The summed E-state index contributed by atoms with van der Waals surface area (Å²) >= 11 is 0. The highest BCUT2D eigenvalue weighted by Gasteiger charge is 2.23. The zero-order valence-electron chi connectivity index (χ0n) is 16.5. The number of nitrogens with zero attached hydrogens (tertiary/aromatic N) is 3. The molecule has 6 heteroatoms. The number of para-hydroxylation sites is 1. The van der Waals surface area contributed by atoms with Crippen LogP contribution < -0.4 is 15.5 Å². The van der Waals surface area contributed by atoms with Gasteiger partial charge in [0.05, 0.1) is 0 Å². The Morgan fingerprint density at radius 1 is 1.07 bits per heavy atom. The van der Waals surface area contributed by atoms with Crippen molar-refractivity contribution in [2.75, 3.05) is 51.2 Å². The van der Waals surface area contributed by atoms with Crippen molar-refractivity contribution in [1.29, 1.82) is 0 Å². The van der Waals surface area contributed by atoms with E-state index in [0.717, 1.165) is 50.7 Å². The molecule has 3 rings (SSSR count). The third-order valence-corrected chi connectivity index (χ3v) is 5.44. The van der Waals surface area contributed by atoms with Crippen molar-refractivity contribution in [2.45, 2.75) is 38.5 Å². The van der Waals surface area contributed by atoms with Gasteiger partial charge in [-0.05, 0) is 50.4 Å². The van der Waals surface area contributed by atoms with Gasteiger partial charge in [-0.1, -0.05) is 24.6 Å². The van der Waals surface area contributed by atoms with Crippen LogP contribution in [0, 0.1) is 0 Å². The van der Waals surface area contributed by atoms with Gasteiger partial charge in [0.1, 0.15) is 0 Å². The summed E-state index contributed by atoms with van der Waals surface area (Å²) in [6.07, 6.45) is 6.35. The lowest BCUT2D eigenvalue weighted by molar-refractivity contribution is -0.118. The molecule has 0 radical (unpaired) electrons. The second kappa shape index (κ2) is 10.3. The third-order valence-electron chi connectivity index (χ3n) is 5.44. The summed E-state index contributed by atoms with van der Waals surface area (Å²) in [6, 6.07) is 8.21. The topological polar surface area (TPSA) is 60.0 Å². The summed E-state index contributed by atoms with van der Waals surface area (Å²) in [5, 5.41) is 6.70. The van der Waals surface area contributed by atoms with Gasteiger partial charge in [0, 0.05) is 45.3 Å². The summed E-state index contributed by atoms with van der Waals surface area (Å²) in [5.74, 6) is 1.04. The monoisotopic (exact) mass is 371 g/mol. The van der Waals surface area contributed by atoms with E-state index in [0.29, 0.717) is 6.42 Å². The molecule has 2 heterocycles. The van der Waals surface area contributed by atoms with Crippen LogP contribution in [-0.2, 0) is 11.2 Å². The molecule has 0 aromatic heterocycles. The number of benzene rings is 1. The molecule has 0 bridgehead atoms. The maximum Gasteiger partial charge on any atom is 0.227 e. The van der Waals surface area contributed by atoms with E-state index in [9.17, 15) is 4.79 Å². The van der Waals surface area contributed by atoms with Crippen LogP contribution in [0.4, 0.5) is 5.69 Å². The number of carbonyl (C=O) groups excluding carboxylic acids is 1. The minimum absolute atomic E-state index is 0.217. The van der Waals surface area contributed by atoms with Gasteiger partial charge in [-0.25, -0.2) is 0 Å². The van der Waals surface area contributed by atoms with Gasteiger partial charge in [-0.3, -0.25) is 9.79 Å². The van der Waals surface area contributed by atoms with Gasteiger partial charge in [0.25, 0.3) is 0 Å². The van der Waals surface area contributed by atoms with Crippen LogP contribution in [0.1, 0.15) is 37.7 Å².